The smallest absolute Gasteiger partial charge is 0.0629 e. The molecule has 1 aromatic carbocycles. The summed E-state index contributed by atoms with van der Waals surface area (Å²) in [4.78, 5) is 4.26. The number of hydrogen-bond acceptors (Lipinski definition) is 1. The third-order valence-electron chi connectivity index (χ3n) is 2.91. The quantitative estimate of drug-likeness (QED) is 0.746. The van der Waals surface area contributed by atoms with Crippen molar-refractivity contribution in [3.8, 4) is 0 Å². The van der Waals surface area contributed by atoms with Crippen LogP contribution in [0.3, 0.4) is 0 Å². The van der Waals surface area contributed by atoms with Gasteiger partial charge in [-0.3, -0.25) is 4.98 Å². The molecule has 0 aliphatic carbocycles. The predicted octanol–water partition coefficient (Wildman–Crippen LogP) is 4.55. The molecule has 18 heavy (non-hydrogen) atoms. The van der Waals surface area contributed by atoms with E-state index in [-0.39, 0.29) is 5.41 Å². The van der Waals surface area contributed by atoms with E-state index in [0.29, 0.717) is 0 Å². The maximum absolute atomic E-state index is 4.26. The van der Waals surface area contributed by atoms with Gasteiger partial charge in [-0.2, -0.15) is 0 Å². The Morgan fingerprint density at radius 3 is 2.17 bits per heavy atom. The number of benzene rings is 1. The van der Waals surface area contributed by atoms with Gasteiger partial charge in [0.25, 0.3) is 0 Å². The molecule has 1 nitrogen and oxygen atoms in total. The first kappa shape index (κ1) is 12.6. The summed E-state index contributed by atoms with van der Waals surface area (Å²) in [6, 6.07) is 14.6. The van der Waals surface area contributed by atoms with Gasteiger partial charge in [0, 0.05) is 6.20 Å². The van der Waals surface area contributed by atoms with Gasteiger partial charge in [0.15, 0.2) is 0 Å². The number of nitrogens with zero attached hydrogens (tertiary/aromatic N) is 1. The van der Waals surface area contributed by atoms with Crippen molar-refractivity contribution in [1.82, 2.24) is 4.98 Å². The van der Waals surface area contributed by atoms with Crippen LogP contribution in [0.15, 0.2) is 48.7 Å². The van der Waals surface area contributed by atoms with E-state index in [1.807, 2.05) is 30.5 Å². The molecule has 92 valence electrons. The van der Waals surface area contributed by atoms with Crippen molar-refractivity contribution in [3.05, 3.63) is 65.5 Å². The molecule has 0 N–H and O–H groups in total. The SMILES string of the molecule is CC(C)(C)c1ccc(/C=C/c2ccccn2)cc1. The minimum Gasteiger partial charge on any atom is -0.257 e. The Hall–Kier alpha value is -1.89. The second kappa shape index (κ2) is 5.18. The second-order valence-electron chi connectivity index (χ2n) is 5.46. The van der Waals surface area contributed by atoms with E-state index in [2.05, 4.69) is 56.1 Å². The highest BCUT2D eigenvalue weighted by Gasteiger charge is 2.12. The van der Waals surface area contributed by atoms with Gasteiger partial charge in [-0.1, -0.05) is 57.2 Å². The van der Waals surface area contributed by atoms with Gasteiger partial charge < -0.3 is 0 Å². The maximum atomic E-state index is 4.26. The first-order valence-corrected chi connectivity index (χ1v) is 6.25. The Balaban J connectivity index is 2.14. The summed E-state index contributed by atoms with van der Waals surface area (Å²) < 4.78 is 0. The fraction of sp³-hybridized carbons (Fsp3) is 0.235. The largest absolute Gasteiger partial charge is 0.257 e. The highest BCUT2D eigenvalue weighted by Crippen LogP contribution is 2.22. The molecular weight excluding hydrogens is 218 g/mol. The van der Waals surface area contributed by atoms with Gasteiger partial charge in [-0.05, 0) is 34.8 Å². The molecule has 0 unspecified atom stereocenters. The van der Waals surface area contributed by atoms with Crippen molar-refractivity contribution in [1.29, 1.82) is 0 Å². The van der Waals surface area contributed by atoms with E-state index in [4.69, 9.17) is 0 Å². The van der Waals surface area contributed by atoms with E-state index in [9.17, 15) is 0 Å². The number of hydrogen-bond donors (Lipinski definition) is 0. The van der Waals surface area contributed by atoms with Crippen molar-refractivity contribution < 1.29 is 0 Å². The number of pyridine rings is 1. The Bertz CT molecular complexity index is 516. The molecule has 0 fully saturated rings. The molecule has 0 bridgehead atoms. The highest BCUT2D eigenvalue weighted by molar-refractivity contribution is 5.67. The van der Waals surface area contributed by atoms with E-state index in [0.717, 1.165) is 5.69 Å². The molecule has 0 saturated carbocycles. The molecule has 0 spiro atoms. The lowest BCUT2D eigenvalue weighted by Crippen LogP contribution is -2.10. The fourth-order valence-corrected chi connectivity index (χ4v) is 1.75. The van der Waals surface area contributed by atoms with Crippen LogP contribution in [-0.2, 0) is 5.41 Å². The Kier molecular flexibility index (Phi) is 3.61. The number of aromatic nitrogens is 1. The lowest BCUT2D eigenvalue weighted by atomic mass is 9.87. The zero-order valence-corrected chi connectivity index (χ0v) is 11.2. The third kappa shape index (κ3) is 3.30. The summed E-state index contributed by atoms with van der Waals surface area (Å²) >= 11 is 0. The van der Waals surface area contributed by atoms with Crippen LogP contribution < -0.4 is 0 Å². The molecular formula is C17H19N. The second-order valence-corrected chi connectivity index (χ2v) is 5.46. The van der Waals surface area contributed by atoms with Crippen LogP contribution in [0.25, 0.3) is 12.2 Å². The van der Waals surface area contributed by atoms with Crippen LogP contribution in [-0.4, -0.2) is 4.98 Å². The van der Waals surface area contributed by atoms with Gasteiger partial charge in [-0.25, -0.2) is 0 Å². The van der Waals surface area contributed by atoms with E-state index in [1.165, 1.54) is 11.1 Å². The Morgan fingerprint density at radius 1 is 0.889 bits per heavy atom. The zero-order chi connectivity index (χ0) is 13.0. The Labute approximate surface area is 109 Å². The Morgan fingerprint density at radius 2 is 1.61 bits per heavy atom. The van der Waals surface area contributed by atoms with Crippen molar-refractivity contribution in [2.75, 3.05) is 0 Å². The van der Waals surface area contributed by atoms with Crippen LogP contribution in [0.2, 0.25) is 0 Å². The van der Waals surface area contributed by atoms with Gasteiger partial charge in [0.2, 0.25) is 0 Å². The molecule has 1 heteroatoms. The molecule has 2 aromatic rings. The summed E-state index contributed by atoms with van der Waals surface area (Å²) in [5.74, 6) is 0. The summed E-state index contributed by atoms with van der Waals surface area (Å²) in [6.07, 6.45) is 5.93. The average molecular weight is 237 g/mol. The first-order chi connectivity index (χ1) is 8.55. The molecule has 1 heterocycles. The molecule has 0 atom stereocenters. The van der Waals surface area contributed by atoms with Crippen LogP contribution in [0.4, 0.5) is 0 Å². The van der Waals surface area contributed by atoms with Crippen molar-refractivity contribution >= 4 is 12.2 Å². The monoisotopic (exact) mass is 237 g/mol. The van der Waals surface area contributed by atoms with Gasteiger partial charge in [-0.15, -0.1) is 0 Å². The third-order valence-corrected chi connectivity index (χ3v) is 2.91. The topological polar surface area (TPSA) is 12.9 Å². The van der Waals surface area contributed by atoms with Crippen LogP contribution in [0.1, 0.15) is 37.6 Å². The zero-order valence-electron chi connectivity index (χ0n) is 11.2. The first-order valence-electron chi connectivity index (χ1n) is 6.25. The van der Waals surface area contributed by atoms with Gasteiger partial charge in [0.05, 0.1) is 5.69 Å². The van der Waals surface area contributed by atoms with Crippen molar-refractivity contribution in [2.24, 2.45) is 0 Å². The molecule has 0 aliphatic heterocycles. The minimum absolute atomic E-state index is 0.212. The van der Waals surface area contributed by atoms with Crippen molar-refractivity contribution in [2.45, 2.75) is 26.2 Å². The van der Waals surface area contributed by atoms with Gasteiger partial charge >= 0.3 is 0 Å². The average Bonchev–Trinajstić information content (AvgIpc) is 2.37. The lowest BCUT2D eigenvalue weighted by Gasteiger charge is -2.18. The predicted molar refractivity (Wildman–Crippen MR) is 78.3 cm³/mol. The van der Waals surface area contributed by atoms with Crippen LogP contribution in [0, 0.1) is 0 Å². The summed E-state index contributed by atoms with van der Waals surface area (Å²) in [7, 11) is 0. The number of rotatable bonds is 2. The molecule has 2 rings (SSSR count). The molecule has 1 aromatic heterocycles. The molecule has 0 amide bonds. The fourth-order valence-electron chi connectivity index (χ4n) is 1.75. The van der Waals surface area contributed by atoms with Gasteiger partial charge in [0.1, 0.15) is 0 Å². The standard InChI is InChI=1S/C17H19N/c1-17(2,3)15-10-7-14(8-11-15)9-12-16-6-4-5-13-18-16/h4-13H,1-3H3/b12-9+. The molecule has 0 aliphatic rings. The minimum atomic E-state index is 0.212. The summed E-state index contributed by atoms with van der Waals surface area (Å²) in [5.41, 5.74) is 3.76. The molecule has 0 saturated heterocycles. The van der Waals surface area contributed by atoms with E-state index in [1.54, 1.807) is 0 Å². The lowest BCUT2D eigenvalue weighted by molar-refractivity contribution is 0.590. The summed E-state index contributed by atoms with van der Waals surface area (Å²) in [6.45, 7) is 6.68. The van der Waals surface area contributed by atoms with E-state index >= 15 is 0 Å². The normalized spacial score (nSPS) is 11.9. The highest BCUT2D eigenvalue weighted by atomic mass is 14.6. The maximum Gasteiger partial charge on any atom is 0.0629 e. The van der Waals surface area contributed by atoms with Crippen LogP contribution in [0.5, 0.6) is 0 Å². The summed E-state index contributed by atoms with van der Waals surface area (Å²) in [5, 5.41) is 0. The van der Waals surface area contributed by atoms with Crippen molar-refractivity contribution in [3.63, 3.8) is 0 Å². The van der Waals surface area contributed by atoms with Crippen LogP contribution >= 0.6 is 0 Å². The molecule has 0 radical (unpaired) electrons. The van der Waals surface area contributed by atoms with E-state index < -0.39 is 0 Å².